The third-order valence-electron chi connectivity index (χ3n) is 11.5. The van der Waals surface area contributed by atoms with E-state index in [0.717, 1.165) is 23.7 Å². The summed E-state index contributed by atoms with van der Waals surface area (Å²) in [6.07, 6.45) is 19.4. The van der Waals surface area contributed by atoms with Gasteiger partial charge >= 0.3 is 0 Å². The van der Waals surface area contributed by atoms with Crippen LogP contribution in [0.25, 0.3) is 0 Å². The molecule has 0 spiro atoms. The molecule has 0 aromatic heterocycles. The van der Waals surface area contributed by atoms with Crippen molar-refractivity contribution in [3.8, 4) is 0 Å². The van der Waals surface area contributed by atoms with Gasteiger partial charge in [-0.1, -0.05) is 71.3 Å². The van der Waals surface area contributed by atoms with Crippen LogP contribution in [0.1, 0.15) is 120 Å². The highest BCUT2D eigenvalue weighted by Gasteiger charge is 2.63. The smallest absolute Gasteiger partial charge is 0.00568 e. The van der Waals surface area contributed by atoms with Crippen molar-refractivity contribution in [2.75, 3.05) is 0 Å². The lowest BCUT2D eigenvalue weighted by molar-refractivity contribution is -0.120. The first kappa shape index (κ1) is 22.7. The molecule has 0 heteroatoms. The van der Waals surface area contributed by atoms with Crippen LogP contribution in [0.15, 0.2) is 23.3 Å². The van der Waals surface area contributed by atoms with Gasteiger partial charge in [0.05, 0.1) is 0 Å². The van der Waals surface area contributed by atoms with Crippen LogP contribution >= 0.6 is 0 Å². The fraction of sp³-hybridized carbons (Fsp3) is 0.867. The van der Waals surface area contributed by atoms with Crippen molar-refractivity contribution in [2.24, 2.45) is 45.3 Å². The summed E-state index contributed by atoms with van der Waals surface area (Å²) in [4.78, 5) is 0. The maximum absolute atomic E-state index is 2.81. The minimum Gasteiger partial charge on any atom is -0.0859 e. The Bertz CT molecular complexity index is 718. The molecule has 0 N–H and O–H groups in total. The molecule has 0 aromatic rings. The van der Waals surface area contributed by atoms with Gasteiger partial charge in [0, 0.05) is 0 Å². The fourth-order valence-corrected chi connectivity index (χ4v) is 9.58. The molecule has 4 aliphatic carbocycles. The lowest BCUT2D eigenvalue weighted by Gasteiger charge is -2.67. The molecule has 7 atom stereocenters. The monoisotopic (exact) mass is 410 g/mol. The molecule has 30 heavy (non-hydrogen) atoms. The zero-order valence-corrected chi connectivity index (χ0v) is 21.5. The van der Waals surface area contributed by atoms with E-state index in [1.165, 1.54) is 69.8 Å². The summed E-state index contributed by atoms with van der Waals surface area (Å²) in [5.41, 5.74) is 5.38. The first-order valence-electron chi connectivity index (χ1n) is 13.3. The van der Waals surface area contributed by atoms with Crippen LogP contribution in [0.5, 0.6) is 0 Å². The lowest BCUT2D eigenvalue weighted by Crippen LogP contribution is -2.59. The van der Waals surface area contributed by atoms with E-state index in [1.807, 2.05) is 5.57 Å². The van der Waals surface area contributed by atoms with Crippen molar-refractivity contribution in [1.29, 1.82) is 0 Å². The number of hydrogen-bond acceptors (Lipinski definition) is 0. The van der Waals surface area contributed by atoms with Crippen molar-refractivity contribution in [1.82, 2.24) is 0 Å². The normalized spacial score (nSPS) is 47.4. The van der Waals surface area contributed by atoms with Crippen LogP contribution in [0.4, 0.5) is 0 Å². The minimum atomic E-state index is 0.424. The van der Waals surface area contributed by atoms with E-state index in [-0.39, 0.29) is 0 Å². The van der Waals surface area contributed by atoms with Gasteiger partial charge in [0.1, 0.15) is 0 Å². The highest BCUT2D eigenvalue weighted by Crippen LogP contribution is 2.72. The Balaban J connectivity index is 1.69. The second-order valence-electron chi connectivity index (χ2n) is 13.6. The third-order valence-corrected chi connectivity index (χ3v) is 11.5. The molecule has 0 unspecified atom stereocenters. The Hall–Kier alpha value is -0.520. The van der Waals surface area contributed by atoms with Gasteiger partial charge in [-0.3, -0.25) is 0 Å². The lowest BCUT2D eigenvalue weighted by atomic mass is 9.37. The van der Waals surface area contributed by atoms with Gasteiger partial charge in [-0.2, -0.15) is 0 Å². The number of hydrogen-bond donors (Lipinski definition) is 0. The van der Waals surface area contributed by atoms with Gasteiger partial charge < -0.3 is 0 Å². The average molecular weight is 411 g/mol. The van der Waals surface area contributed by atoms with Gasteiger partial charge in [-0.15, -0.1) is 0 Å². The van der Waals surface area contributed by atoms with Crippen LogP contribution < -0.4 is 0 Å². The van der Waals surface area contributed by atoms with Gasteiger partial charge in [0.15, 0.2) is 0 Å². The summed E-state index contributed by atoms with van der Waals surface area (Å²) >= 11 is 0. The van der Waals surface area contributed by atoms with Crippen molar-refractivity contribution in [3.05, 3.63) is 23.3 Å². The highest BCUT2D eigenvalue weighted by atomic mass is 14.7. The van der Waals surface area contributed by atoms with E-state index < -0.39 is 0 Å². The molecule has 4 rings (SSSR count). The molecule has 0 aromatic carbocycles. The van der Waals surface area contributed by atoms with Gasteiger partial charge in [-0.25, -0.2) is 0 Å². The third kappa shape index (κ3) is 3.21. The largest absolute Gasteiger partial charge is 0.0859 e. The second-order valence-corrected chi connectivity index (χ2v) is 13.6. The molecule has 0 aliphatic heterocycles. The van der Waals surface area contributed by atoms with Crippen molar-refractivity contribution in [2.45, 2.75) is 120 Å². The zero-order valence-electron chi connectivity index (χ0n) is 21.5. The van der Waals surface area contributed by atoms with E-state index in [0.29, 0.717) is 21.7 Å². The molecule has 0 heterocycles. The summed E-state index contributed by atoms with van der Waals surface area (Å²) in [6, 6.07) is 0. The summed E-state index contributed by atoms with van der Waals surface area (Å²) in [5, 5.41) is 0. The van der Waals surface area contributed by atoms with Crippen molar-refractivity contribution in [3.63, 3.8) is 0 Å². The summed E-state index contributed by atoms with van der Waals surface area (Å²) in [6.45, 7) is 20.4. The average Bonchev–Trinajstić information content (AvgIpc) is 2.65. The molecule has 0 bridgehead atoms. The molecule has 4 aliphatic rings. The zero-order chi connectivity index (χ0) is 21.9. The minimum absolute atomic E-state index is 0.424. The standard InChI is InChI=1S/C30H50/c1-21(2)11-9-12-23-22(3)15-19-30(8)25-13-14-26-27(4,5)17-10-18-28(26,6)24(25)16-20-29(23,30)7/h11,13,22-24,26H,9-10,12,14-20H2,1-8H3/t22-,23+,24-,26-,28+,29-,30+/m0/s1. The number of allylic oxidation sites excluding steroid dienone is 4. The Morgan fingerprint density at radius 2 is 1.73 bits per heavy atom. The Labute approximate surface area is 188 Å². The molecule has 3 saturated carbocycles. The van der Waals surface area contributed by atoms with E-state index in [4.69, 9.17) is 0 Å². The second kappa shape index (κ2) is 7.52. The first-order valence-corrected chi connectivity index (χ1v) is 13.3. The molecule has 0 saturated heterocycles. The van der Waals surface area contributed by atoms with Gasteiger partial charge in [0.2, 0.25) is 0 Å². The molecular formula is C30H50. The summed E-state index contributed by atoms with van der Waals surface area (Å²) in [5.74, 6) is 3.49. The van der Waals surface area contributed by atoms with Crippen LogP contribution in [0, 0.1) is 45.3 Å². The SMILES string of the molecule is CC(C)=CCC[C@@H]1[C@@H](C)CC[C@]2(C)C3=CC[C@H]4C(C)(C)CCC[C@]4(C)[C@H]3CC[C@@]12C. The van der Waals surface area contributed by atoms with Crippen LogP contribution in [0.3, 0.4) is 0 Å². The molecule has 0 radical (unpaired) electrons. The van der Waals surface area contributed by atoms with Crippen LogP contribution in [0.2, 0.25) is 0 Å². The van der Waals surface area contributed by atoms with Crippen LogP contribution in [-0.4, -0.2) is 0 Å². The topological polar surface area (TPSA) is 0 Å². The Morgan fingerprint density at radius 1 is 1.00 bits per heavy atom. The van der Waals surface area contributed by atoms with E-state index in [2.05, 4.69) is 67.5 Å². The summed E-state index contributed by atoms with van der Waals surface area (Å²) < 4.78 is 0. The summed E-state index contributed by atoms with van der Waals surface area (Å²) in [7, 11) is 0. The molecule has 0 nitrogen and oxygen atoms in total. The predicted molar refractivity (Wildman–Crippen MR) is 131 cm³/mol. The van der Waals surface area contributed by atoms with E-state index >= 15 is 0 Å². The Morgan fingerprint density at radius 3 is 2.43 bits per heavy atom. The van der Waals surface area contributed by atoms with Crippen molar-refractivity contribution >= 4 is 0 Å². The quantitative estimate of drug-likeness (QED) is 0.406. The fourth-order valence-electron chi connectivity index (χ4n) is 9.58. The van der Waals surface area contributed by atoms with E-state index in [9.17, 15) is 0 Å². The molecule has 3 fully saturated rings. The number of rotatable bonds is 3. The Kier molecular flexibility index (Phi) is 5.68. The van der Waals surface area contributed by atoms with Crippen LogP contribution in [-0.2, 0) is 0 Å². The predicted octanol–water partition coefficient (Wildman–Crippen LogP) is 9.36. The molecule has 0 amide bonds. The molecule has 170 valence electrons. The molecular weight excluding hydrogens is 360 g/mol. The van der Waals surface area contributed by atoms with Gasteiger partial charge in [0.25, 0.3) is 0 Å². The van der Waals surface area contributed by atoms with E-state index in [1.54, 1.807) is 0 Å². The number of fused-ring (bicyclic) bond motifs is 5. The highest BCUT2D eigenvalue weighted by molar-refractivity contribution is 5.32. The van der Waals surface area contributed by atoms with Crippen molar-refractivity contribution < 1.29 is 0 Å². The first-order chi connectivity index (χ1) is 14.0. The van der Waals surface area contributed by atoms with Gasteiger partial charge in [-0.05, 0) is 117 Å². The maximum atomic E-state index is 2.81. The maximum Gasteiger partial charge on any atom is -0.00568 e.